The average Bonchev–Trinajstić information content (AvgIpc) is 2.95. The number of fused-ring (bicyclic) bond motifs is 1. The lowest BCUT2D eigenvalue weighted by molar-refractivity contribution is -0.137. The van der Waals surface area contributed by atoms with Crippen LogP contribution in [0.3, 0.4) is 0 Å². The van der Waals surface area contributed by atoms with E-state index in [4.69, 9.17) is 16.3 Å². The van der Waals surface area contributed by atoms with Crippen molar-refractivity contribution in [2.75, 3.05) is 18.5 Å². The molecule has 172 valence electrons. The molecule has 0 saturated carbocycles. The average molecular weight is 469 g/mol. The minimum Gasteiger partial charge on any atom is -0.462 e. The Labute approximate surface area is 197 Å². The number of nitrogens with one attached hydrogen (secondary N) is 3. The second kappa shape index (κ2) is 11.3. The monoisotopic (exact) mass is 468 g/mol. The summed E-state index contributed by atoms with van der Waals surface area (Å²) in [6.07, 6.45) is 0.465. The van der Waals surface area contributed by atoms with Crippen LogP contribution >= 0.6 is 11.6 Å². The smallest absolute Gasteiger partial charge is 0.343 e. The van der Waals surface area contributed by atoms with Crippen LogP contribution < -0.4 is 16.0 Å². The molecule has 1 aliphatic heterocycles. The van der Waals surface area contributed by atoms with E-state index in [-0.39, 0.29) is 36.9 Å². The van der Waals surface area contributed by atoms with Crippen LogP contribution in [-0.2, 0) is 14.3 Å². The molecule has 0 aliphatic carbocycles. The lowest BCUT2D eigenvalue weighted by atomic mass is 10.1. The molecule has 3 N–H and O–H groups in total. The number of amides is 2. The predicted octanol–water partition coefficient (Wildman–Crippen LogP) is 3.96. The third-order valence-corrected chi connectivity index (χ3v) is 5.14. The van der Waals surface area contributed by atoms with Gasteiger partial charge >= 0.3 is 5.97 Å². The van der Waals surface area contributed by atoms with Crippen molar-refractivity contribution in [1.82, 2.24) is 10.6 Å². The highest BCUT2D eigenvalue weighted by Crippen LogP contribution is 2.31. The standard InChI is InChI=1S/C24H25ClN4O4/c1-3-17-21(24(32)33-4-2)22(28-19-12-8-7-11-18(19)27-17)29-20(30)13-14-26-23(31)15-9-5-6-10-16(15)25/h5-12,27H,3-4,13-14H2,1-2H3,(H,26,31)(H,28,29,30). The highest BCUT2D eigenvalue weighted by atomic mass is 35.5. The van der Waals surface area contributed by atoms with Crippen LogP contribution in [0.15, 0.2) is 64.8 Å². The Kier molecular flexibility index (Phi) is 8.21. The minimum atomic E-state index is -0.583. The van der Waals surface area contributed by atoms with E-state index in [1.54, 1.807) is 37.3 Å². The number of benzene rings is 2. The first-order chi connectivity index (χ1) is 15.9. The molecule has 9 heteroatoms. The third kappa shape index (κ3) is 5.98. The highest BCUT2D eigenvalue weighted by Gasteiger charge is 2.27. The summed E-state index contributed by atoms with van der Waals surface area (Å²) >= 11 is 6.03. The number of para-hydroxylation sites is 2. The molecule has 0 unspecified atom stereocenters. The van der Waals surface area contributed by atoms with Crippen molar-refractivity contribution < 1.29 is 19.1 Å². The Bertz CT molecular complexity index is 1130. The normalized spacial score (nSPS) is 12.6. The predicted molar refractivity (Wildman–Crippen MR) is 128 cm³/mol. The third-order valence-electron chi connectivity index (χ3n) is 4.81. The Hall–Kier alpha value is -3.65. The lowest BCUT2D eigenvalue weighted by Crippen LogP contribution is -2.37. The number of nitrogens with zero attached hydrogens (tertiary/aromatic N) is 1. The molecule has 0 atom stereocenters. The second-order valence-electron chi connectivity index (χ2n) is 7.06. The highest BCUT2D eigenvalue weighted by molar-refractivity contribution is 6.33. The van der Waals surface area contributed by atoms with Gasteiger partial charge in [-0.1, -0.05) is 42.8 Å². The first-order valence-electron chi connectivity index (χ1n) is 10.6. The molecule has 1 heterocycles. The summed E-state index contributed by atoms with van der Waals surface area (Å²) in [6.45, 7) is 3.86. The fourth-order valence-corrected chi connectivity index (χ4v) is 3.45. The van der Waals surface area contributed by atoms with Crippen molar-refractivity contribution in [2.45, 2.75) is 26.7 Å². The zero-order valence-corrected chi connectivity index (χ0v) is 19.2. The van der Waals surface area contributed by atoms with E-state index in [0.717, 1.165) is 0 Å². The summed E-state index contributed by atoms with van der Waals surface area (Å²) in [6, 6.07) is 13.9. The summed E-state index contributed by atoms with van der Waals surface area (Å²) in [5.41, 5.74) is 2.38. The van der Waals surface area contributed by atoms with Crippen LogP contribution in [0.1, 0.15) is 37.0 Å². The SMILES string of the molecule is CCOC(=O)C1=C(CC)Nc2ccccc2N=C1NC(=O)CCNC(=O)c1ccccc1Cl. The van der Waals surface area contributed by atoms with E-state index in [1.807, 2.05) is 25.1 Å². The van der Waals surface area contributed by atoms with Crippen LogP contribution in [0.25, 0.3) is 0 Å². The summed E-state index contributed by atoms with van der Waals surface area (Å²) in [4.78, 5) is 42.2. The summed E-state index contributed by atoms with van der Waals surface area (Å²) in [7, 11) is 0. The molecule has 2 aromatic carbocycles. The lowest BCUT2D eigenvalue weighted by Gasteiger charge is -2.15. The van der Waals surface area contributed by atoms with Crippen LogP contribution in [0, 0.1) is 0 Å². The Morgan fingerprint density at radius 3 is 2.52 bits per heavy atom. The number of allylic oxidation sites excluding steroid dienone is 1. The Morgan fingerprint density at radius 2 is 1.79 bits per heavy atom. The van der Waals surface area contributed by atoms with Gasteiger partial charge in [-0.25, -0.2) is 9.79 Å². The van der Waals surface area contributed by atoms with Gasteiger partial charge in [-0.15, -0.1) is 0 Å². The first-order valence-corrected chi connectivity index (χ1v) is 11.0. The van der Waals surface area contributed by atoms with Gasteiger partial charge in [-0.3, -0.25) is 9.59 Å². The van der Waals surface area contributed by atoms with Gasteiger partial charge in [0.1, 0.15) is 11.4 Å². The number of amidine groups is 1. The topological polar surface area (TPSA) is 109 Å². The summed E-state index contributed by atoms with van der Waals surface area (Å²) in [5, 5.41) is 8.94. The number of esters is 1. The van der Waals surface area contributed by atoms with Crippen LogP contribution in [0.5, 0.6) is 0 Å². The largest absolute Gasteiger partial charge is 0.462 e. The van der Waals surface area contributed by atoms with Gasteiger partial charge in [-0.05, 0) is 37.6 Å². The van der Waals surface area contributed by atoms with Crippen molar-refractivity contribution >= 4 is 46.6 Å². The molecule has 33 heavy (non-hydrogen) atoms. The molecule has 2 aromatic rings. The van der Waals surface area contributed by atoms with E-state index < -0.39 is 11.9 Å². The number of hydrogen-bond acceptors (Lipinski definition) is 6. The molecular formula is C24H25ClN4O4. The van der Waals surface area contributed by atoms with Crippen molar-refractivity contribution in [2.24, 2.45) is 4.99 Å². The number of carbonyl (C=O) groups excluding carboxylic acids is 3. The number of carbonyl (C=O) groups is 3. The minimum absolute atomic E-state index is 0.0259. The molecular weight excluding hydrogens is 444 g/mol. The number of halogens is 1. The molecule has 0 spiro atoms. The number of anilines is 1. The first kappa shape index (κ1) is 24.0. The van der Waals surface area contributed by atoms with Gasteiger partial charge < -0.3 is 20.7 Å². The number of ether oxygens (including phenoxy) is 1. The van der Waals surface area contributed by atoms with E-state index in [2.05, 4.69) is 20.9 Å². The molecule has 0 saturated heterocycles. The van der Waals surface area contributed by atoms with Crippen LogP contribution in [0.4, 0.5) is 11.4 Å². The van der Waals surface area contributed by atoms with Gasteiger partial charge in [0, 0.05) is 18.7 Å². The fourth-order valence-electron chi connectivity index (χ4n) is 3.22. The summed E-state index contributed by atoms with van der Waals surface area (Å²) < 4.78 is 5.21. The van der Waals surface area contributed by atoms with Crippen molar-refractivity contribution in [3.05, 3.63) is 70.4 Å². The van der Waals surface area contributed by atoms with E-state index in [0.29, 0.717) is 34.1 Å². The van der Waals surface area contributed by atoms with Crippen LogP contribution in [0.2, 0.25) is 5.02 Å². The molecule has 0 radical (unpaired) electrons. The van der Waals surface area contributed by atoms with Gasteiger partial charge in [-0.2, -0.15) is 0 Å². The van der Waals surface area contributed by atoms with Gasteiger partial charge in [0.2, 0.25) is 5.91 Å². The fraction of sp³-hybridized carbons (Fsp3) is 0.250. The van der Waals surface area contributed by atoms with E-state index in [1.165, 1.54) is 0 Å². The number of rotatable bonds is 7. The van der Waals surface area contributed by atoms with Gasteiger partial charge in [0.25, 0.3) is 5.91 Å². The molecule has 1 aliphatic rings. The van der Waals surface area contributed by atoms with Gasteiger partial charge in [0.05, 0.1) is 28.6 Å². The maximum absolute atomic E-state index is 12.7. The van der Waals surface area contributed by atoms with E-state index >= 15 is 0 Å². The van der Waals surface area contributed by atoms with Crippen LogP contribution in [-0.4, -0.2) is 36.8 Å². The zero-order chi connectivity index (χ0) is 23.8. The van der Waals surface area contributed by atoms with Crippen molar-refractivity contribution in [3.63, 3.8) is 0 Å². The van der Waals surface area contributed by atoms with Crippen molar-refractivity contribution in [1.29, 1.82) is 0 Å². The van der Waals surface area contributed by atoms with Crippen molar-refractivity contribution in [3.8, 4) is 0 Å². The Balaban J connectivity index is 1.76. The number of aliphatic imine (C=N–C) groups is 1. The molecule has 0 bridgehead atoms. The quantitative estimate of drug-likeness (QED) is 0.533. The summed E-state index contributed by atoms with van der Waals surface area (Å²) in [5.74, 6) is -1.27. The molecule has 0 fully saturated rings. The molecule has 8 nitrogen and oxygen atoms in total. The number of hydrogen-bond donors (Lipinski definition) is 3. The molecule has 3 rings (SSSR count). The maximum atomic E-state index is 12.7. The zero-order valence-electron chi connectivity index (χ0n) is 18.4. The second-order valence-corrected chi connectivity index (χ2v) is 7.47. The molecule has 2 amide bonds. The van der Waals surface area contributed by atoms with E-state index in [9.17, 15) is 14.4 Å². The Morgan fingerprint density at radius 1 is 1.06 bits per heavy atom. The maximum Gasteiger partial charge on any atom is 0.343 e. The van der Waals surface area contributed by atoms with Gasteiger partial charge in [0.15, 0.2) is 0 Å². The molecule has 0 aromatic heterocycles.